The van der Waals surface area contributed by atoms with E-state index in [1.165, 1.54) is 32.1 Å². The highest BCUT2D eigenvalue weighted by Crippen LogP contribution is 2.21. The molecule has 1 heteroatoms. The molecule has 1 fully saturated rings. The first kappa shape index (κ1) is 8.06. The maximum atomic E-state index is 9.48. The molecule has 1 aliphatic rings. The molecule has 0 aromatic rings. The third-order valence-electron chi connectivity index (χ3n) is 2.57. The molecule has 1 N–H and O–H groups in total. The van der Waals surface area contributed by atoms with Gasteiger partial charge in [0, 0.05) is 0 Å². The van der Waals surface area contributed by atoms with Gasteiger partial charge >= 0.3 is 0 Å². The molecule has 1 rings (SSSR count). The Morgan fingerprint density at radius 2 is 1.60 bits per heavy atom. The molecule has 0 amide bonds. The van der Waals surface area contributed by atoms with E-state index in [0.29, 0.717) is 5.92 Å². The lowest BCUT2D eigenvalue weighted by Gasteiger charge is -2.21. The van der Waals surface area contributed by atoms with Crippen LogP contribution in [0.5, 0.6) is 0 Å². The van der Waals surface area contributed by atoms with Crippen LogP contribution in [-0.2, 0) is 0 Å². The summed E-state index contributed by atoms with van der Waals surface area (Å²) in [6.45, 7) is 2.16. The van der Waals surface area contributed by atoms with E-state index >= 15 is 0 Å². The third kappa shape index (κ3) is 2.30. The number of rotatable bonds is 0. The molecule has 0 aromatic carbocycles. The summed E-state index contributed by atoms with van der Waals surface area (Å²) < 4.78 is 0. The molecular formula is C9H18O. The Morgan fingerprint density at radius 3 is 2.30 bits per heavy atom. The van der Waals surface area contributed by atoms with Crippen LogP contribution in [0, 0.1) is 5.92 Å². The van der Waals surface area contributed by atoms with Crippen LogP contribution in [0.4, 0.5) is 0 Å². The van der Waals surface area contributed by atoms with Gasteiger partial charge in [0.1, 0.15) is 0 Å². The van der Waals surface area contributed by atoms with Crippen LogP contribution in [0.1, 0.15) is 45.4 Å². The van der Waals surface area contributed by atoms with Crippen molar-refractivity contribution >= 4 is 0 Å². The molecule has 60 valence electrons. The average molecular weight is 142 g/mol. The summed E-state index contributed by atoms with van der Waals surface area (Å²) in [6.07, 6.45) is 7.48. The van der Waals surface area contributed by atoms with E-state index in [9.17, 15) is 5.11 Å². The molecule has 1 nitrogen and oxygen atoms in total. The van der Waals surface area contributed by atoms with Gasteiger partial charge in [-0.1, -0.05) is 32.6 Å². The van der Waals surface area contributed by atoms with E-state index in [4.69, 9.17) is 0 Å². The van der Waals surface area contributed by atoms with Crippen molar-refractivity contribution in [3.63, 3.8) is 0 Å². The highest BCUT2D eigenvalue weighted by atomic mass is 16.3. The minimum atomic E-state index is -0.0136. The predicted octanol–water partition coefficient (Wildman–Crippen LogP) is 2.34. The van der Waals surface area contributed by atoms with Crippen molar-refractivity contribution in [1.29, 1.82) is 0 Å². The van der Waals surface area contributed by atoms with Crippen LogP contribution in [0.2, 0.25) is 0 Å². The number of aliphatic hydroxyl groups is 1. The second-order valence-electron chi connectivity index (χ2n) is 3.54. The molecular weight excluding hydrogens is 124 g/mol. The van der Waals surface area contributed by atoms with Crippen molar-refractivity contribution in [2.45, 2.75) is 51.6 Å². The van der Waals surface area contributed by atoms with Gasteiger partial charge in [-0.05, 0) is 18.8 Å². The zero-order chi connectivity index (χ0) is 7.40. The summed E-state index contributed by atoms with van der Waals surface area (Å²) in [6, 6.07) is 0. The lowest BCUT2D eigenvalue weighted by Crippen LogP contribution is -2.18. The van der Waals surface area contributed by atoms with Crippen LogP contribution < -0.4 is 0 Å². The molecule has 2 atom stereocenters. The van der Waals surface area contributed by atoms with E-state index in [1.807, 2.05) is 0 Å². The maximum absolute atomic E-state index is 9.48. The quantitative estimate of drug-likeness (QED) is 0.550. The molecule has 0 aromatic heterocycles. The number of aliphatic hydroxyl groups excluding tert-OH is 1. The van der Waals surface area contributed by atoms with Crippen molar-refractivity contribution < 1.29 is 5.11 Å². The molecule has 0 heterocycles. The predicted molar refractivity (Wildman–Crippen MR) is 42.9 cm³/mol. The van der Waals surface area contributed by atoms with Gasteiger partial charge in [0.25, 0.3) is 0 Å². The summed E-state index contributed by atoms with van der Waals surface area (Å²) >= 11 is 0. The van der Waals surface area contributed by atoms with Gasteiger partial charge < -0.3 is 5.11 Å². The molecule has 0 saturated heterocycles. The van der Waals surface area contributed by atoms with Crippen LogP contribution in [-0.4, -0.2) is 11.2 Å². The average Bonchev–Trinajstić information content (AvgIpc) is 1.92. The molecule has 0 unspecified atom stereocenters. The zero-order valence-electron chi connectivity index (χ0n) is 6.84. The van der Waals surface area contributed by atoms with Gasteiger partial charge in [-0.3, -0.25) is 0 Å². The Balaban J connectivity index is 2.28. The van der Waals surface area contributed by atoms with Crippen molar-refractivity contribution in [2.75, 3.05) is 0 Å². The monoisotopic (exact) mass is 142 g/mol. The Labute approximate surface area is 63.4 Å². The molecule has 10 heavy (non-hydrogen) atoms. The van der Waals surface area contributed by atoms with Gasteiger partial charge in [0.05, 0.1) is 6.10 Å². The smallest absolute Gasteiger partial charge is 0.0565 e. The SMILES string of the molecule is C[C@H]1CCCCCC[C@H]1O. The van der Waals surface area contributed by atoms with Gasteiger partial charge in [0.15, 0.2) is 0 Å². The van der Waals surface area contributed by atoms with Gasteiger partial charge in [0.2, 0.25) is 0 Å². The Kier molecular flexibility index (Phi) is 3.20. The summed E-state index contributed by atoms with van der Waals surface area (Å²) in [7, 11) is 0. The standard InChI is InChI=1S/C9H18O/c1-8-6-4-2-3-5-7-9(8)10/h8-10H,2-7H2,1H3/t8-,9+/m0/s1. The van der Waals surface area contributed by atoms with Crippen molar-refractivity contribution in [3.05, 3.63) is 0 Å². The fourth-order valence-electron chi connectivity index (χ4n) is 1.65. The third-order valence-corrected chi connectivity index (χ3v) is 2.57. The normalized spacial score (nSPS) is 36.6. The van der Waals surface area contributed by atoms with Crippen LogP contribution in [0.25, 0.3) is 0 Å². The number of hydrogen-bond acceptors (Lipinski definition) is 1. The zero-order valence-corrected chi connectivity index (χ0v) is 6.84. The van der Waals surface area contributed by atoms with E-state index in [1.54, 1.807) is 0 Å². The second kappa shape index (κ2) is 3.97. The number of hydrogen-bond donors (Lipinski definition) is 1. The van der Waals surface area contributed by atoms with Crippen molar-refractivity contribution in [3.8, 4) is 0 Å². The minimum Gasteiger partial charge on any atom is -0.393 e. The summed E-state index contributed by atoms with van der Waals surface area (Å²) in [5.74, 6) is 0.542. The van der Waals surface area contributed by atoms with Crippen molar-refractivity contribution in [2.24, 2.45) is 5.92 Å². The fourth-order valence-corrected chi connectivity index (χ4v) is 1.65. The molecule has 0 aliphatic heterocycles. The Bertz CT molecular complexity index is 78.7. The highest BCUT2D eigenvalue weighted by Gasteiger charge is 2.15. The molecule has 1 aliphatic carbocycles. The Hall–Kier alpha value is -0.0400. The van der Waals surface area contributed by atoms with Crippen LogP contribution in [0.15, 0.2) is 0 Å². The molecule has 0 radical (unpaired) electrons. The Morgan fingerprint density at radius 1 is 1.00 bits per heavy atom. The van der Waals surface area contributed by atoms with E-state index in [-0.39, 0.29) is 6.10 Å². The van der Waals surface area contributed by atoms with Gasteiger partial charge in [-0.25, -0.2) is 0 Å². The lowest BCUT2D eigenvalue weighted by molar-refractivity contribution is 0.0928. The summed E-state index contributed by atoms with van der Waals surface area (Å²) in [5.41, 5.74) is 0. The van der Waals surface area contributed by atoms with Crippen molar-refractivity contribution in [1.82, 2.24) is 0 Å². The topological polar surface area (TPSA) is 20.2 Å². The highest BCUT2D eigenvalue weighted by molar-refractivity contribution is 4.67. The van der Waals surface area contributed by atoms with E-state index in [2.05, 4.69) is 6.92 Å². The lowest BCUT2D eigenvalue weighted by atomic mass is 9.90. The van der Waals surface area contributed by atoms with E-state index < -0.39 is 0 Å². The summed E-state index contributed by atoms with van der Waals surface area (Å²) in [5, 5.41) is 9.48. The first-order valence-electron chi connectivity index (χ1n) is 4.49. The fraction of sp³-hybridized carbons (Fsp3) is 1.00. The summed E-state index contributed by atoms with van der Waals surface area (Å²) in [4.78, 5) is 0. The van der Waals surface area contributed by atoms with E-state index in [0.717, 1.165) is 6.42 Å². The molecule has 0 bridgehead atoms. The largest absolute Gasteiger partial charge is 0.393 e. The molecule has 0 spiro atoms. The minimum absolute atomic E-state index is 0.0136. The first-order chi connectivity index (χ1) is 4.80. The first-order valence-corrected chi connectivity index (χ1v) is 4.49. The van der Waals surface area contributed by atoms with Gasteiger partial charge in [-0.15, -0.1) is 0 Å². The van der Waals surface area contributed by atoms with Crippen LogP contribution >= 0.6 is 0 Å². The van der Waals surface area contributed by atoms with Gasteiger partial charge in [-0.2, -0.15) is 0 Å². The maximum Gasteiger partial charge on any atom is 0.0565 e. The van der Waals surface area contributed by atoms with Crippen LogP contribution in [0.3, 0.4) is 0 Å². The molecule has 1 saturated carbocycles. The second-order valence-corrected chi connectivity index (χ2v) is 3.54.